The number of hydrazone groups is 1. The Hall–Kier alpha value is -5.50. The number of para-hydroxylation sites is 1. The third kappa shape index (κ3) is 7.23. The third-order valence-electron chi connectivity index (χ3n) is 6.54. The highest BCUT2D eigenvalue weighted by atomic mass is 16.5. The summed E-state index contributed by atoms with van der Waals surface area (Å²) in [7, 11) is 0. The van der Waals surface area contributed by atoms with E-state index in [-0.39, 0.29) is 18.5 Å². The van der Waals surface area contributed by atoms with Crippen LogP contribution in [0.5, 0.6) is 11.5 Å². The van der Waals surface area contributed by atoms with Crippen LogP contribution in [0.15, 0.2) is 108 Å². The number of aromatic nitrogens is 1. The quantitative estimate of drug-likeness (QED) is 0.106. The van der Waals surface area contributed by atoms with Crippen LogP contribution in [0, 0.1) is 0 Å². The molecule has 0 saturated carbocycles. The average Bonchev–Trinajstić information content (AvgIpc) is 3.04. The lowest BCUT2D eigenvalue weighted by Crippen LogP contribution is -2.18. The predicted octanol–water partition coefficient (Wildman–Crippen LogP) is 6.82. The lowest BCUT2D eigenvalue weighted by molar-refractivity contribution is 0.0526. The second-order valence-electron chi connectivity index (χ2n) is 9.48. The summed E-state index contributed by atoms with van der Waals surface area (Å²) in [4.78, 5) is 29.9. The zero-order valence-electron chi connectivity index (χ0n) is 23.9. The van der Waals surface area contributed by atoms with Gasteiger partial charge in [0.2, 0.25) is 0 Å². The molecule has 1 amide bonds. The van der Waals surface area contributed by atoms with Gasteiger partial charge in [0.15, 0.2) is 11.5 Å². The van der Waals surface area contributed by atoms with E-state index in [0.717, 1.165) is 27.6 Å². The molecule has 43 heavy (non-hydrogen) atoms. The Kier molecular flexibility index (Phi) is 9.39. The summed E-state index contributed by atoms with van der Waals surface area (Å²) in [5, 5.41) is 4.95. The summed E-state index contributed by atoms with van der Waals surface area (Å²) in [5.41, 5.74) is 7.59. The molecule has 5 rings (SSSR count). The Bertz CT molecular complexity index is 1750. The van der Waals surface area contributed by atoms with Gasteiger partial charge in [-0.2, -0.15) is 5.10 Å². The maximum absolute atomic E-state index is 13.2. The summed E-state index contributed by atoms with van der Waals surface area (Å²) in [6.45, 7) is 4.73. The molecule has 0 bridgehead atoms. The fourth-order valence-electron chi connectivity index (χ4n) is 4.45. The van der Waals surface area contributed by atoms with Crippen molar-refractivity contribution in [2.24, 2.45) is 5.10 Å². The van der Waals surface area contributed by atoms with Gasteiger partial charge in [0, 0.05) is 10.9 Å². The number of carbonyl (C=O) groups is 2. The van der Waals surface area contributed by atoms with Crippen molar-refractivity contribution in [2.75, 3.05) is 13.2 Å². The van der Waals surface area contributed by atoms with Crippen molar-refractivity contribution in [3.63, 3.8) is 0 Å². The van der Waals surface area contributed by atoms with Crippen LogP contribution in [0.2, 0.25) is 0 Å². The Labute approximate surface area is 250 Å². The van der Waals surface area contributed by atoms with E-state index in [1.54, 1.807) is 43.5 Å². The number of carbonyl (C=O) groups excluding carboxylic acids is 2. The average molecular weight is 574 g/mol. The van der Waals surface area contributed by atoms with Gasteiger partial charge in [-0.25, -0.2) is 15.2 Å². The van der Waals surface area contributed by atoms with Gasteiger partial charge in [0.05, 0.1) is 41.8 Å². The van der Waals surface area contributed by atoms with E-state index in [2.05, 4.69) is 10.5 Å². The van der Waals surface area contributed by atoms with Crippen LogP contribution in [-0.2, 0) is 11.3 Å². The van der Waals surface area contributed by atoms with Crippen molar-refractivity contribution in [3.05, 3.63) is 125 Å². The first kappa shape index (κ1) is 29.0. The number of nitrogens with one attached hydrogen (secondary N) is 1. The highest BCUT2D eigenvalue weighted by molar-refractivity contribution is 6.07. The maximum atomic E-state index is 13.2. The topological polar surface area (TPSA) is 99.1 Å². The Morgan fingerprint density at radius 3 is 2.35 bits per heavy atom. The minimum absolute atomic E-state index is 0.289. The minimum Gasteiger partial charge on any atom is -0.490 e. The first-order chi connectivity index (χ1) is 21.1. The number of fused-ring (bicyclic) bond motifs is 1. The van der Waals surface area contributed by atoms with Gasteiger partial charge >= 0.3 is 5.97 Å². The molecule has 4 aromatic carbocycles. The fraction of sp³-hybridized carbons (Fsp3) is 0.143. The molecule has 0 atom stereocenters. The number of esters is 1. The van der Waals surface area contributed by atoms with E-state index in [9.17, 15) is 9.59 Å². The fourth-order valence-corrected chi connectivity index (χ4v) is 4.45. The van der Waals surface area contributed by atoms with E-state index < -0.39 is 0 Å². The third-order valence-corrected chi connectivity index (χ3v) is 6.54. The van der Waals surface area contributed by atoms with E-state index in [4.69, 9.17) is 19.2 Å². The summed E-state index contributed by atoms with van der Waals surface area (Å²) in [6.07, 6.45) is 1.56. The summed E-state index contributed by atoms with van der Waals surface area (Å²) >= 11 is 0. The summed E-state index contributed by atoms with van der Waals surface area (Å²) < 4.78 is 16.8. The molecule has 0 aliphatic carbocycles. The lowest BCUT2D eigenvalue weighted by atomic mass is 10.0. The van der Waals surface area contributed by atoms with Crippen LogP contribution in [0.25, 0.3) is 22.2 Å². The smallest absolute Gasteiger partial charge is 0.338 e. The molecular formula is C35H31N3O5. The normalized spacial score (nSPS) is 10.9. The molecule has 0 aliphatic heterocycles. The Morgan fingerprint density at radius 1 is 0.814 bits per heavy atom. The van der Waals surface area contributed by atoms with Gasteiger partial charge in [-0.15, -0.1) is 0 Å². The van der Waals surface area contributed by atoms with Gasteiger partial charge in [-0.05, 0) is 67.4 Å². The van der Waals surface area contributed by atoms with Crippen LogP contribution >= 0.6 is 0 Å². The maximum Gasteiger partial charge on any atom is 0.338 e. The Morgan fingerprint density at radius 2 is 1.58 bits per heavy atom. The van der Waals surface area contributed by atoms with Crippen molar-refractivity contribution in [1.82, 2.24) is 10.4 Å². The molecule has 0 aliphatic rings. The molecule has 8 heteroatoms. The number of rotatable bonds is 11. The van der Waals surface area contributed by atoms with Crippen molar-refractivity contribution in [1.29, 1.82) is 0 Å². The van der Waals surface area contributed by atoms with E-state index in [0.29, 0.717) is 41.5 Å². The number of hydrogen-bond donors (Lipinski definition) is 1. The van der Waals surface area contributed by atoms with Crippen molar-refractivity contribution in [2.45, 2.75) is 20.5 Å². The molecular weight excluding hydrogens is 542 g/mol. The first-order valence-corrected chi connectivity index (χ1v) is 14.0. The molecule has 1 N–H and O–H groups in total. The molecule has 0 unspecified atom stereocenters. The van der Waals surface area contributed by atoms with E-state index in [1.165, 1.54) is 0 Å². The zero-order chi connectivity index (χ0) is 30.0. The van der Waals surface area contributed by atoms with Crippen molar-refractivity contribution >= 4 is 29.0 Å². The number of benzene rings is 4. The van der Waals surface area contributed by atoms with Crippen molar-refractivity contribution in [3.8, 4) is 22.8 Å². The van der Waals surface area contributed by atoms with Gasteiger partial charge in [-0.1, -0.05) is 60.7 Å². The van der Waals surface area contributed by atoms with Gasteiger partial charge in [-0.3, -0.25) is 4.79 Å². The number of hydrogen-bond acceptors (Lipinski definition) is 7. The summed E-state index contributed by atoms with van der Waals surface area (Å²) in [5.74, 6) is 0.418. The van der Waals surface area contributed by atoms with E-state index >= 15 is 0 Å². The molecule has 216 valence electrons. The standard InChI is InChI=1S/C35H31N3O5/c1-3-41-33-20-25(16-19-32(33)43-23-24-14-17-27(18-15-24)35(40)42-4-2)22-36-38-34(39)29-21-31(26-10-6-5-7-11-26)37-30-13-9-8-12-28(29)30/h5-22H,3-4,23H2,1-2H3,(H,38,39)/b36-22-. The van der Waals surface area contributed by atoms with Gasteiger partial charge in [0.1, 0.15) is 6.61 Å². The van der Waals surface area contributed by atoms with Gasteiger partial charge < -0.3 is 14.2 Å². The minimum atomic E-state index is -0.354. The molecule has 1 heterocycles. The monoisotopic (exact) mass is 573 g/mol. The van der Waals surface area contributed by atoms with Gasteiger partial charge in [0.25, 0.3) is 5.91 Å². The number of pyridine rings is 1. The SMILES string of the molecule is CCOC(=O)c1ccc(COc2ccc(/C=N\NC(=O)c3cc(-c4ccccc4)nc4ccccc34)cc2OCC)cc1. The largest absolute Gasteiger partial charge is 0.490 e. The molecule has 0 fully saturated rings. The number of ether oxygens (including phenoxy) is 3. The van der Waals surface area contributed by atoms with Crippen LogP contribution in [0.3, 0.4) is 0 Å². The second-order valence-corrected chi connectivity index (χ2v) is 9.48. The second kappa shape index (κ2) is 13.9. The number of nitrogens with zero attached hydrogens (tertiary/aromatic N) is 2. The molecule has 1 aromatic heterocycles. The summed E-state index contributed by atoms with van der Waals surface area (Å²) in [6, 6.07) is 31.6. The molecule has 8 nitrogen and oxygen atoms in total. The van der Waals surface area contributed by atoms with Crippen LogP contribution in [-0.4, -0.2) is 36.3 Å². The van der Waals surface area contributed by atoms with Crippen LogP contribution in [0.1, 0.15) is 45.7 Å². The predicted molar refractivity (Wildman–Crippen MR) is 167 cm³/mol. The Balaban J connectivity index is 1.28. The first-order valence-electron chi connectivity index (χ1n) is 14.0. The molecule has 0 radical (unpaired) electrons. The van der Waals surface area contributed by atoms with Crippen LogP contribution < -0.4 is 14.9 Å². The van der Waals surface area contributed by atoms with E-state index in [1.807, 2.05) is 79.7 Å². The molecule has 5 aromatic rings. The zero-order valence-corrected chi connectivity index (χ0v) is 23.9. The molecule has 0 spiro atoms. The van der Waals surface area contributed by atoms with Crippen LogP contribution in [0.4, 0.5) is 0 Å². The highest BCUT2D eigenvalue weighted by Crippen LogP contribution is 2.29. The molecule has 0 saturated heterocycles. The number of amides is 1. The van der Waals surface area contributed by atoms with Crippen molar-refractivity contribution < 1.29 is 23.8 Å². The lowest BCUT2D eigenvalue weighted by Gasteiger charge is -2.13. The highest BCUT2D eigenvalue weighted by Gasteiger charge is 2.14.